The molecule has 0 aliphatic carbocycles. The Morgan fingerprint density at radius 2 is 1.86 bits per heavy atom. The number of benzene rings is 2. The van der Waals surface area contributed by atoms with Crippen molar-refractivity contribution in [1.29, 1.82) is 0 Å². The van der Waals surface area contributed by atoms with E-state index in [9.17, 15) is 9.59 Å². The van der Waals surface area contributed by atoms with Crippen molar-refractivity contribution >= 4 is 29.1 Å². The third kappa shape index (κ3) is 4.15. The number of hydrogen-bond acceptors (Lipinski definition) is 7. The van der Waals surface area contributed by atoms with Gasteiger partial charge in [-0.25, -0.2) is 4.68 Å². The van der Waals surface area contributed by atoms with Crippen molar-refractivity contribution in [3.8, 4) is 17.1 Å². The molecular formula is C19H19N5O3S. The van der Waals surface area contributed by atoms with Gasteiger partial charge in [-0.05, 0) is 31.2 Å². The molecule has 0 saturated heterocycles. The van der Waals surface area contributed by atoms with Gasteiger partial charge in [0.05, 0.1) is 24.1 Å². The van der Waals surface area contributed by atoms with Crippen molar-refractivity contribution in [2.24, 2.45) is 0 Å². The van der Waals surface area contributed by atoms with Crippen LogP contribution in [0, 0.1) is 0 Å². The number of ketones is 1. The Hall–Kier alpha value is -3.33. The Bertz CT molecular complexity index is 1020. The molecule has 8 nitrogen and oxygen atoms in total. The van der Waals surface area contributed by atoms with Gasteiger partial charge >= 0.3 is 0 Å². The van der Waals surface area contributed by atoms with Gasteiger partial charge in [0.25, 0.3) is 0 Å². The van der Waals surface area contributed by atoms with Gasteiger partial charge in [0.15, 0.2) is 11.6 Å². The molecule has 144 valence electrons. The molecule has 0 aliphatic heterocycles. The number of nitrogens with two attached hydrogens (primary N) is 1. The van der Waals surface area contributed by atoms with Crippen LogP contribution in [0.3, 0.4) is 0 Å². The predicted octanol–water partition coefficient (Wildman–Crippen LogP) is 2.60. The van der Waals surface area contributed by atoms with Gasteiger partial charge < -0.3 is 15.9 Å². The molecule has 0 bridgehead atoms. The van der Waals surface area contributed by atoms with Gasteiger partial charge in [0.2, 0.25) is 11.1 Å². The zero-order chi connectivity index (χ0) is 20.1. The maximum absolute atomic E-state index is 12.3. The van der Waals surface area contributed by atoms with E-state index in [1.54, 1.807) is 37.4 Å². The van der Waals surface area contributed by atoms with Crippen molar-refractivity contribution in [3.05, 3.63) is 54.1 Å². The van der Waals surface area contributed by atoms with Crippen LogP contribution in [0.15, 0.2) is 53.7 Å². The van der Waals surface area contributed by atoms with E-state index in [4.69, 9.17) is 10.6 Å². The molecule has 0 spiro atoms. The van der Waals surface area contributed by atoms with Crippen LogP contribution >= 0.6 is 11.8 Å². The third-order valence-electron chi connectivity index (χ3n) is 3.93. The highest BCUT2D eigenvalue weighted by atomic mass is 32.2. The highest BCUT2D eigenvalue weighted by molar-refractivity contribution is 7.99. The van der Waals surface area contributed by atoms with Crippen LogP contribution in [0.25, 0.3) is 11.4 Å². The second-order valence-electron chi connectivity index (χ2n) is 5.82. The Kier molecular flexibility index (Phi) is 5.95. The fraction of sp³-hybridized carbons (Fsp3) is 0.158. The molecule has 3 aromatic rings. The summed E-state index contributed by atoms with van der Waals surface area (Å²) in [6.07, 6.45) is 0. The van der Waals surface area contributed by atoms with Gasteiger partial charge in [-0.1, -0.05) is 36.0 Å². The molecule has 3 rings (SSSR count). The van der Waals surface area contributed by atoms with E-state index >= 15 is 0 Å². The zero-order valence-electron chi connectivity index (χ0n) is 15.4. The number of nitrogens with zero attached hydrogens (tertiary/aromatic N) is 3. The lowest BCUT2D eigenvalue weighted by Gasteiger charge is -2.09. The van der Waals surface area contributed by atoms with Gasteiger partial charge in [-0.15, -0.1) is 10.2 Å². The van der Waals surface area contributed by atoms with E-state index in [1.807, 2.05) is 18.2 Å². The Labute approximate surface area is 166 Å². The number of hydrogen-bond donors (Lipinski definition) is 2. The van der Waals surface area contributed by atoms with Gasteiger partial charge in [-0.2, -0.15) is 0 Å². The number of thioether (sulfide) groups is 1. The quantitative estimate of drug-likeness (QED) is 0.358. The van der Waals surface area contributed by atoms with E-state index in [0.717, 1.165) is 11.8 Å². The van der Waals surface area contributed by atoms with Crippen LogP contribution in [0.5, 0.6) is 5.75 Å². The number of aromatic nitrogens is 3. The molecule has 0 aliphatic rings. The number of nitrogens with one attached hydrogen (secondary N) is 1. The zero-order valence-corrected chi connectivity index (χ0v) is 16.2. The summed E-state index contributed by atoms with van der Waals surface area (Å²) in [4.78, 5) is 23.9. The number of Topliss-reactive ketones (excluding diaryl/α,β-unsaturated/α-hetero) is 1. The summed E-state index contributed by atoms with van der Waals surface area (Å²) in [7, 11) is 1.56. The molecule has 0 fully saturated rings. The molecule has 0 unspecified atom stereocenters. The molecule has 0 radical (unpaired) electrons. The maximum atomic E-state index is 12.3. The minimum atomic E-state index is -0.277. The van der Waals surface area contributed by atoms with Crippen LogP contribution < -0.4 is 15.9 Å². The van der Waals surface area contributed by atoms with Crippen LogP contribution in [0.2, 0.25) is 0 Å². The lowest BCUT2D eigenvalue weighted by atomic mass is 10.1. The van der Waals surface area contributed by atoms with E-state index in [2.05, 4.69) is 15.5 Å². The van der Waals surface area contributed by atoms with Crippen LogP contribution in [-0.2, 0) is 4.79 Å². The Morgan fingerprint density at radius 3 is 2.61 bits per heavy atom. The third-order valence-corrected chi connectivity index (χ3v) is 4.87. The largest absolute Gasteiger partial charge is 0.496 e. The number of methoxy groups -OCH3 is 1. The molecular weight excluding hydrogens is 378 g/mol. The molecule has 0 saturated carbocycles. The SMILES string of the molecule is COc1ccccc1-c1nnc(SCC(=O)Nc2ccccc2C(C)=O)n1N. The number of carbonyl (C=O) groups is 2. The predicted molar refractivity (Wildman–Crippen MR) is 108 cm³/mol. The number of anilines is 1. The molecule has 1 heterocycles. The second kappa shape index (κ2) is 8.57. The van der Waals surface area contributed by atoms with Crippen molar-refractivity contribution in [2.45, 2.75) is 12.1 Å². The van der Waals surface area contributed by atoms with Crippen molar-refractivity contribution in [3.63, 3.8) is 0 Å². The van der Waals surface area contributed by atoms with Crippen molar-refractivity contribution < 1.29 is 14.3 Å². The monoisotopic (exact) mass is 397 g/mol. The minimum Gasteiger partial charge on any atom is -0.496 e. The number of nitrogen functional groups attached to an aromatic ring is 1. The van der Waals surface area contributed by atoms with Gasteiger partial charge in [0.1, 0.15) is 5.75 Å². The second-order valence-corrected chi connectivity index (χ2v) is 6.76. The first-order valence-corrected chi connectivity index (χ1v) is 9.36. The minimum absolute atomic E-state index is 0.0630. The summed E-state index contributed by atoms with van der Waals surface area (Å²) >= 11 is 1.14. The first-order valence-electron chi connectivity index (χ1n) is 8.37. The summed E-state index contributed by atoms with van der Waals surface area (Å²) < 4.78 is 6.64. The standard InChI is InChI=1S/C19H19N5O3S/c1-12(25)13-7-3-5-9-15(13)21-17(26)11-28-19-23-22-18(24(19)20)14-8-4-6-10-16(14)27-2/h3-10H,11,20H2,1-2H3,(H,21,26). The lowest BCUT2D eigenvalue weighted by molar-refractivity contribution is -0.113. The van der Waals surface area contributed by atoms with E-state index in [1.165, 1.54) is 11.6 Å². The number of carbonyl (C=O) groups excluding carboxylic acids is 2. The molecule has 2 aromatic carbocycles. The topological polar surface area (TPSA) is 112 Å². The smallest absolute Gasteiger partial charge is 0.234 e. The summed E-state index contributed by atoms with van der Waals surface area (Å²) in [5.74, 6) is 6.82. The normalized spacial score (nSPS) is 10.5. The lowest BCUT2D eigenvalue weighted by Crippen LogP contribution is -2.17. The van der Waals surface area contributed by atoms with E-state index in [0.29, 0.717) is 33.5 Å². The summed E-state index contributed by atoms with van der Waals surface area (Å²) in [6, 6.07) is 14.2. The van der Waals surface area contributed by atoms with Gasteiger partial charge in [0, 0.05) is 5.56 Å². The number of ether oxygens (including phenoxy) is 1. The summed E-state index contributed by atoms with van der Waals surface area (Å²) in [5, 5.41) is 11.3. The molecule has 1 amide bonds. The first-order chi connectivity index (χ1) is 13.5. The Morgan fingerprint density at radius 1 is 1.14 bits per heavy atom. The average Bonchev–Trinajstić information content (AvgIpc) is 3.06. The Balaban J connectivity index is 1.70. The summed E-state index contributed by atoms with van der Waals surface area (Å²) in [5.41, 5.74) is 1.64. The van der Waals surface area contributed by atoms with Crippen LogP contribution in [-0.4, -0.2) is 39.4 Å². The van der Waals surface area contributed by atoms with E-state index < -0.39 is 0 Å². The number of amides is 1. The van der Waals surface area contributed by atoms with Crippen molar-refractivity contribution in [2.75, 3.05) is 24.0 Å². The van der Waals surface area contributed by atoms with Crippen molar-refractivity contribution in [1.82, 2.24) is 14.9 Å². The fourth-order valence-corrected chi connectivity index (χ4v) is 3.26. The molecule has 1 aromatic heterocycles. The number of rotatable bonds is 7. The summed E-state index contributed by atoms with van der Waals surface area (Å²) in [6.45, 7) is 1.45. The molecule has 9 heteroatoms. The van der Waals surface area contributed by atoms with Gasteiger partial charge in [-0.3, -0.25) is 9.59 Å². The fourth-order valence-electron chi connectivity index (χ4n) is 2.60. The van der Waals surface area contributed by atoms with E-state index in [-0.39, 0.29) is 17.4 Å². The molecule has 28 heavy (non-hydrogen) atoms. The molecule has 3 N–H and O–H groups in total. The average molecular weight is 397 g/mol. The highest BCUT2D eigenvalue weighted by Crippen LogP contribution is 2.29. The van der Waals surface area contributed by atoms with Crippen LogP contribution in [0.1, 0.15) is 17.3 Å². The maximum Gasteiger partial charge on any atom is 0.234 e. The highest BCUT2D eigenvalue weighted by Gasteiger charge is 2.17. The van der Waals surface area contributed by atoms with Crippen LogP contribution in [0.4, 0.5) is 5.69 Å². The molecule has 0 atom stereocenters. The first kappa shape index (κ1) is 19.4. The number of para-hydroxylation sites is 2.